The fraction of sp³-hybridized carbons (Fsp3) is 1.00. The van der Waals surface area contributed by atoms with E-state index in [0.29, 0.717) is 54.3 Å². The first kappa shape index (κ1) is 62.6. The van der Waals surface area contributed by atoms with Gasteiger partial charge in [-0.05, 0) is 111 Å². The van der Waals surface area contributed by atoms with Crippen LogP contribution in [0.25, 0.3) is 0 Å². The molecular weight excluding hydrogens is 1090 g/mol. The second kappa shape index (κ2) is 24.4. The quantitative estimate of drug-likeness (QED) is 0.0799. The van der Waals surface area contributed by atoms with Crippen LogP contribution < -0.4 is 0 Å². The fourth-order valence-corrected chi connectivity index (χ4v) is 17.3. The Balaban J connectivity index is 0.782. The number of fused-ring (bicyclic) bond motifs is 7. The highest BCUT2D eigenvalue weighted by Crippen LogP contribution is 2.71. The highest BCUT2D eigenvalue weighted by Gasteiger charge is 2.70. The first-order valence-corrected chi connectivity index (χ1v) is 30.1. The van der Waals surface area contributed by atoms with Crippen molar-refractivity contribution in [3.8, 4) is 0 Å². The van der Waals surface area contributed by atoms with Crippen molar-refractivity contribution in [1.29, 1.82) is 0 Å². The Hall–Kier alpha value is -1.04. The molecule has 2 unspecified atom stereocenters. The molecule has 0 radical (unpaired) electrons. The molecule has 11 aliphatic rings. The summed E-state index contributed by atoms with van der Waals surface area (Å²) in [6, 6.07) is 0. The highest BCUT2D eigenvalue weighted by molar-refractivity contribution is 5.16. The van der Waals surface area contributed by atoms with Crippen molar-refractivity contribution in [2.45, 2.75) is 264 Å². The number of aliphatic hydroxyl groups is 14. The van der Waals surface area contributed by atoms with Gasteiger partial charge in [0.1, 0.15) is 110 Å². The summed E-state index contributed by atoms with van der Waals surface area (Å²) in [6.45, 7) is 8.48. The lowest BCUT2D eigenvalue weighted by Gasteiger charge is -2.61. The van der Waals surface area contributed by atoms with Gasteiger partial charge in [0.2, 0.25) is 0 Å². The molecule has 0 aromatic heterocycles. The first-order valence-electron chi connectivity index (χ1n) is 30.1. The maximum Gasteiger partial charge on any atom is 0.187 e. The normalized spacial score (nSPS) is 57.9. The van der Waals surface area contributed by atoms with E-state index in [1.54, 1.807) is 0 Å². The molecule has 0 aromatic carbocycles. The van der Waals surface area contributed by atoms with Crippen LogP contribution in [0.4, 0.5) is 0 Å². The van der Waals surface area contributed by atoms with Gasteiger partial charge in [-0.1, -0.05) is 27.7 Å². The Morgan fingerprint density at radius 1 is 0.463 bits per heavy atom. The van der Waals surface area contributed by atoms with Gasteiger partial charge in [-0.25, -0.2) is 0 Å². The summed E-state index contributed by atoms with van der Waals surface area (Å²) in [7, 11) is 0. The number of rotatable bonds is 13. The summed E-state index contributed by atoms with van der Waals surface area (Å²) in [5, 5.41) is 154. The van der Waals surface area contributed by atoms with Gasteiger partial charge in [0.25, 0.3) is 0 Å². The number of hydrogen-bond donors (Lipinski definition) is 14. The van der Waals surface area contributed by atoms with Gasteiger partial charge >= 0.3 is 0 Å². The van der Waals surface area contributed by atoms with Crippen LogP contribution in [-0.2, 0) is 56.8 Å². The largest absolute Gasteiger partial charge is 0.394 e. The molecule has 7 aliphatic heterocycles. The molecule has 7 saturated heterocycles. The van der Waals surface area contributed by atoms with Crippen LogP contribution in [0.15, 0.2) is 0 Å². The summed E-state index contributed by atoms with van der Waals surface area (Å²) < 4.78 is 73.7. The smallest absolute Gasteiger partial charge is 0.187 e. The van der Waals surface area contributed by atoms with Crippen LogP contribution >= 0.6 is 0 Å². The lowest BCUT2D eigenvalue weighted by Crippen LogP contribution is -2.69. The zero-order chi connectivity index (χ0) is 58.6. The van der Waals surface area contributed by atoms with Gasteiger partial charge in [0, 0.05) is 12.3 Å². The molecule has 1 spiro atoms. The van der Waals surface area contributed by atoms with Crippen LogP contribution in [0.3, 0.4) is 0 Å². The molecular formula is C56H92O26. The minimum Gasteiger partial charge on any atom is -0.394 e. The Labute approximate surface area is 476 Å². The Morgan fingerprint density at radius 3 is 1.76 bits per heavy atom. The molecule has 0 aromatic rings. The molecule has 0 bridgehead atoms. The van der Waals surface area contributed by atoms with Crippen LogP contribution in [-0.4, -0.2) is 270 Å². The van der Waals surface area contributed by atoms with E-state index in [2.05, 4.69) is 27.7 Å². The van der Waals surface area contributed by atoms with Gasteiger partial charge in [-0.3, -0.25) is 0 Å². The van der Waals surface area contributed by atoms with Crippen molar-refractivity contribution in [2.24, 2.45) is 52.3 Å². The lowest BCUT2D eigenvalue weighted by atomic mass is 9.44. The molecule has 4 aliphatic carbocycles. The third-order valence-electron chi connectivity index (χ3n) is 22.1. The van der Waals surface area contributed by atoms with E-state index in [1.165, 1.54) is 6.92 Å². The minimum absolute atomic E-state index is 0.0587. The van der Waals surface area contributed by atoms with E-state index in [9.17, 15) is 71.5 Å². The van der Waals surface area contributed by atoms with Gasteiger partial charge in [-0.2, -0.15) is 0 Å². The molecule has 4 saturated carbocycles. The second-order valence-corrected chi connectivity index (χ2v) is 26.7. The van der Waals surface area contributed by atoms with Crippen LogP contribution in [0.2, 0.25) is 0 Å². The Kier molecular flexibility index (Phi) is 18.6. The zero-order valence-electron chi connectivity index (χ0n) is 47.3. The van der Waals surface area contributed by atoms with Crippen molar-refractivity contribution in [3.05, 3.63) is 0 Å². The maximum atomic E-state index is 12.0. The SMILES string of the molecule is C[C@@H]1CC[C@@]2(OC1)OC1C[C@H]3[C@@H]4CC[C@H]5C[C@@H](O[C@@H]6O[C@H](CO)[C@H](O[C@@H]7O[C@H](CO)[C@@H](O)[C@H](O[C@@H]8OC[C@@H](O)[C@H](O)[C@H]8O)[C@H]7O[C@@H]7O[C@H](CO)[C@@H](O)[C@H](O[C@@H]8O[C@@H](C)[C@H](O)[C@@H](O)[C@H]8O)[C@H]7O)[C@H](O)[C@H]6O)CC[C@]5(C)[C@H]4CC[C@]3(C)C1[C@@H]2C. The van der Waals surface area contributed by atoms with Crippen LogP contribution in [0, 0.1) is 52.3 Å². The molecule has 82 heavy (non-hydrogen) atoms. The van der Waals surface area contributed by atoms with E-state index < -0.39 is 180 Å². The third-order valence-corrected chi connectivity index (χ3v) is 22.1. The van der Waals surface area contributed by atoms with Crippen molar-refractivity contribution in [3.63, 3.8) is 0 Å². The fourth-order valence-electron chi connectivity index (χ4n) is 17.3. The molecule has 472 valence electrons. The highest BCUT2D eigenvalue weighted by atomic mass is 16.8. The monoisotopic (exact) mass is 1180 g/mol. The number of aliphatic hydroxyl groups excluding tert-OH is 14. The summed E-state index contributed by atoms with van der Waals surface area (Å²) >= 11 is 0. The average Bonchev–Trinajstić information content (AvgIpc) is 1.57. The van der Waals surface area contributed by atoms with E-state index in [4.69, 9.17) is 56.8 Å². The number of hydrogen-bond acceptors (Lipinski definition) is 26. The summed E-state index contributed by atoms with van der Waals surface area (Å²) in [6.07, 6.45) is -32.8. The van der Waals surface area contributed by atoms with Gasteiger partial charge in [0.05, 0.1) is 51.3 Å². The van der Waals surface area contributed by atoms with Gasteiger partial charge in [0.15, 0.2) is 37.2 Å². The predicted molar refractivity (Wildman–Crippen MR) is 273 cm³/mol. The summed E-state index contributed by atoms with van der Waals surface area (Å²) in [5.74, 6) is 2.88. The minimum atomic E-state index is -2.12. The van der Waals surface area contributed by atoms with E-state index in [0.717, 1.165) is 58.0 Å². The number of ether oxygens (including phenoxy) is 12. The van der Waals surface area contributed by atoms with Gasteiger partial charge < -0.3 is 128 Å². The molecule has 26 heteroatoms. The van der Waals surface area contributed by atoms with Crippen molar-refractivity contribution in [1.82, 2.24) is 0 Å². The van der Waals surface area contributed by atoms with Gasteiger partial charge in [-0.15, -0.1) is 0 Å². The maximum absolute atomic E-state index is 12.0. The van der Waals surface area contributed by atoms with Crippen LogP contribution in [0.1, 0.15) is 98.8 Å². The first-order chi connectivity index (χ1) is 39.0. The summed E-state index contributed by atoms with van der Waals surface area (Å²) in [5.41, 5.74) is 0.236. The van der Waals surface area contributed by atoms with E-state index in [-0.39, 0.29) is 23.0 Å². The molecule has 7 heterocycles. The Morgan fingerprint density at radius 2 is 1.06 bits per heavy atom. The molecule has 36 atom stereocenters. The van der Waals surface area contributed by atoms with E-state index in [1.807, 2.05) is 0 Å². The van der Waals surface area contributed by atoms with Crippen LogP contribution in [0.5, 0.6) is 0 Å². The second-order valence-electron chi connectivity index (χ2n) is 26.7. The molecule has 11 rings (SSSR count). The third kappa shape index (κ3) is 10.9. The molecule has 14 N–H and O–H groups in total. The molecule has 0 amide bonds. The lowest BCUT2D eigenvalue weighted by molar-refractivity contribution is -0.409. The van der Waals surface area contributed by atoms with Crippen molar-refractivity contribution < 1.29 is 128 Å². The predicted octanol–water partition coefficient (Wildman–Crippen LogP) is -3.42. The molecule has 26 nitrogen and oxygen atoms in total. The standard InChI is InChI=1S/C56H92O26/c1-21-8-13-56(72-19-21)22(2)34-30(82-56)15-28-26-7-6-24-14-25(9-11-54(24,4)27(26)10-12-55(28,34)5)74-51-43(69)40(66)45(33(18-59)77-51)78-53-48(47(38(64)32(17-58)76-53)80-49-41(67)36(62)29(60)20-71-49)81-52-44(70)46(37(63)31(16-57)75-52)79-50-42(68)39(65)35(61)23(3)73-50/h21-53,57-70H,6-20H2,1-5H3/t21-,22+,23+,24+,25+,26-,27+,28+,29-,30?,31-,32-,33-,34?,35+,36+,37-,38-,39-,40-,41-,42-,43-,44-,45+,46+,47+,48-,49+,50+,51-,52+,53+,54+,55+,56-/m1/s1. The summed E-state index contributed by atoms with van der Waals surface area (Å²) in [4.78, 5) is 0. The van der Waals surface area contributed by atoms with Crippen molar-refractivity contribution in [2.75, 3.05) is 33.0 Å². The topological polar surface area (TPSA) is 394 Å². The van der Waals surface area contributed by atoms with E-state index >= 15 is 0 Å². The average molecular weight is 1180 g/mol. The van der Waals surface area contributed by atoms with Crippen molar-refractivity contribution >= 4 is 0 Å². The molecule has 11 fully saturated rings. The Bertz CT molecular complexity index is 2130. The zero-order valence-corrected chi connectivity index (χ0v) is 47.3.